The van der Waals surface area contributed by atoms with E-state index in [-0.39, 0.29) is 23.0 Å². The van der Waals surface area contributed by atoms with Gasteiger partial charge in [0.2, 0.25) is 5.82 Å². The van der Waals surface area contributed by atoms with Crippen LogP contribution in [0.4, 0.5) is 14.6 Å². The fourth-order valence-electron chi connectivity index (χ4n) is 3.64. The molecule has 2 N–H and O–H groups in total. The lowest BCUT2D eigenvalue weighted by Gasteiger charge is -2.23. The number of para-hydroxylation sites is 1. The fraction of sp³-hybridized carbons (Fsp3) is 0.182. The van der Waals surface area contributed by atoms with Gasteiger partial charge >= 0.3 is 0 Å². The predicted octanol–water partition coefficient (Wildman–Crippen LogP) is 5.32. The molecule has 7 heteroatoms. The molecule has 0 atom stereocenters. The number of rotatable bonds is 4. The van der Waals surface area contributed by atoms with E-state index in [4.69, 9.17) is 10.5 Å². The predicted molar refractivity (Wildman–Crippen MR) is 106 cm³/mol. The molecule has 1 aliphatic carbocycles. The number of hydrogen-bond donors (Lipinski definition) is 1. The zero-order valence-corrected chi connectivity index (χ0v) is 15.5. The summed E-state index contributed by atoms with van der Waals surface area (Å²) in [5, 5.41) is 0. The van der Waals surface area contributed by atoms with E-state index in [9.17, 15) is 4.39 Å². The molecule has 1 fully saturated rings. The molecule has 5 rings (SSSR count). The number of halogens is 2. The van der Waals surface area contributed by atoms with Crippen molar-refractivity contribution in [2.24, 2.45) is 0 Å². The number of nitrogen functional groups attached to an aromatic ring is 1. The van der Waals surface area contributed by atoms with Crippen LogP contribution in [0.15, 0.2) is 54.9 Å². The maximum atomic E-state index is 15.1. The van der Waals surface area contributed by atoms with Gasteiger partial charge in [-0.2, -0.15) is 4.39 Å². The summed E-state index contributed by atoms with van der Waals surface area (Å²) in [4.78, 5) is 8.77. The van der Waals surface area contributed by atoms with Gasteiger partial charge in [0.25, 0.3) is 0 Å². The summed E-state index contributed by atoms with van der Waals surface area (Å²) in [7, 11) is 0. The molecular weight excluding hydrogens is 374 g/mol. The van der Waals surface area contributed by atoms with Crippen molar-refractivity contribution in [3.05, 3.63) is 72.3 Å². The number of hydrogen-bond acceptors (Lipinski definition) is 4. The zero-order chi connectivity index (χ0) is 20.0. The van der Waals surface area contributed by atoms with Crippen LogP contribution in [-0.2, 0) is 0 Å². The van der Waals surface area contributed by atoms with Crippen molar-refractivity contribution in [1.29, 1.82) is 0 Å². The quantitative estimate of drug-likeness (QED) is 0.511. The van der Waals surface area contributed by atoms with Crippen LogP contribution >= 0.6 is 0 Å². The lowest BCUT2D eigenvalue weighted by molar-refractivity contribution is 0.400. The monoisotopic (exact) mass is 392 g/mol. The Bertz CT molecular complexity index is 1200. The van der Waals surface area contributed by atoms with Crippen LogP contribution < -0.4 is 10.5 Å². The van der Waals surface area contributed by atoms with Gasteiger partial charge in [0.15, 0.2) is 11.6 Å². The standard InChI is InChI=1S/C22H18F2N4O/c23-17-15(9-10-16(18(17)24)29-14-7-2-1-3-8-14)19-20-21(25)26-11-12-28(20)22(27-19)13-5-4-6-13/h1-3,7-13H,4-6H2,(H2,25,26). The van der Waals surface area contributed by atoms with Crippen LogP contribution in [0.25, 0.3) is 16.8 Å². The first kappa shape index (κ1) is 17.6. The Morgan fingerprint density at radius 1 is 1.03 bits per heavy atom. The molecule has 0 aliphatic heterocycles. The third-order valence-electron chi connectivity index (χ3n) is 5.35. The SMILES string of the molecule is Nc1nccn2c(C3CCC3)nc(-c3ccc(Oc4ccccc4)c(F)c3F)c12. The topological polar surface area (TPSA) is 65.4 Å². The van der Waals surface area contributed by atoms with Gasteiger partial charge in [-0.05, 0) is 37.1 Å². The van der Waals surface area contributed by atoms with Crippen molar-refractivity contribution < 1.29 is 13.5 Å². The smallest absolute Gasteiger partial charge is 0.201 e. The van der Waals surface area contributed by atoms with Crippen LogP contribution in [0.2, 0.25) is 0 Å². The van der Waals surface area contributed by atoms with Crippen LogP contribution in [0.5, 0.6) is 11.5 Å². The molecule has 4 aromatic rings. The first-order chi connectivity index (χ1) is 14.1. The summed E-state index contributed by atoms with van der Waals surface area (Å²) in [6.07, 6.45) is 6.51. The molecule has 0 radical (unpaired) electrons. The first-order valence-corrected chi connectivity index (χ1v) is 9.47. The highest BCUT2D eigenvalue weighted by molar-refractivity contribution is 5.85. The lowest BCUT2D eigenvalue weighted by Crippen LogP contribution is -2.12. The number of imidazole rings is 1. The van der Waals surface area contributed by atoms with Crippen molar-refractivity contribution in [3.63, 3.8) is 0 Å². The Morgan fingerprint density at radius 2 is 1.83 bits per heavy atom. The second kappa shape index (κ2) is 6.84. The molecular formula is C22H18F2N4O. The van der Waals surface area contributed by atoms with Crippen molar-refractivity contribution in [3.8, 4) is 22.8 Å². The average Bonchev–Trinajstić information content (AvgIpc) is 3.05. The summed E-state index contributed by atoms with van der Waals surface area (Å²) in [6, 6.07) is 11.5. The Hall–Kier alpha value is -3.48. The second-order valence-electron chi connectivity index (χ2n) is 7.13. The molecule has 1 saturated carbocycles. The van der Waals surface area contributed by atoms with Crippen LogP contribution in [0, 0.1) is 11.6 Å². The summed E-state index contributed by atoms with van der Waals surface area (Å²) in [6.45, 7) is 0. The largest absolute Gasteiger partial charge is 0.454 e. The summed E-state index contributed by atoms with van der Waals surface area (Å²) in [5.41, 5.74) is 6.89. The summed E-state index contributed by atoms with van der Waals surface area (Å²) in [5.74, 6) is -0.545. The molecule has 0 saturated heterocycles. The van der Waals surface area contributed by atoms with Gasteiger partial charge < -0.3 is 10.5 Å². The van der Waals surface area contributed by atoms with Crippen molar-refractivity contribution in [1.82, 2.24) is 14.4 Å². The van der Waals surface area contributed by atoms with Gasteiger partial charge in [0.1, 0.15) is 28.6 Å². The maximum absolute atomic E-state index is 15.1. The van der Waals surface area contributed by atoms with E-state index >= 15 is 4.39 Å². The lowest BCUT2D eigenvalue weighted by atomic mass is 9.85. The minimum Gasteiger partial charge on any atom is -0.454 e. The average molecular weight is 392 g/mol. The highest BCUT2D eigenvalue weighted by Crippen LogP contribution is 2.40. The first-order valence-electron chi connectivity index (χ1n) is 9.47. The fourth-order valence-corrected chi connectivity index (χ4v) is 3.64. The van der Waals surface area contributed by atoms with Gasteiger partial charge in [-0.1, -0.05) is 24.6 Å². The number of aromatic nitrogens is 3. The number of fused-ring (bicyclic) bond motifs is 1. The van der Waals surface area contributed by atoms with Gasteiger partial charge in [-0.25, -0.2) is 14.4 Å². The Labute approximate surface area is 165 Å². The minimum atomic E-state index is -1.07. The van der Waals surface area contributed by atoms with E-state index < -0.39 is 11.6 Å². The Morgan fingerprint density at radius 3 is 2.55 bits per heavy atom. The van der Waals surface area contributed by atoms with Crippen LogP contribution in [0.1, 0.15) is 31.0 Å². The van der Waals surface area contributed by atoms with E-state index in [2.05, 4.69) is 9.97 Å². The molecule has 0 amide bonds. The molecule has 5 nitrogen and oxygen atoms in total. The van der Waals surface area contributed by atoms with E-state index in [1.165, 1.54) is 12.1 Å². The number of ether oxygens (including phenoxy) is 1. The van der Waals surface area contributed by atoms with Crippen molar-refractivity contribution in [2.75, 3.05) is 5.73 Å². The molecule has 146 valence electrons. The number of nitrogens with two attached hydrogens (primary N) is 1. The van der Waals surface area contributed by atoms with E-state index in [1.807, 2.05) is 10.5 Å². The number of nitrogens with zero attached hydrogens (tertiary/aromatic N) is 3. The van der Waals surface area contributed by atoms with Gasteiger partial charge in [-0.15, -0.1) is 0 Å². The molecule has 2 aromatic carbocycles. The van der Waals surface area contributed by atoms with Gasteiger partial charge in [0.05, 0.1) is 0 Å². The van der Waals surface area contributed by atoms with Crippen molar-refractivity contribution in [2.45, 2.75) is 25.2 Å². The maximum Gasteiger partial charge on any atom is 0.201 e. The highest BCUT2D eigenvalue weighted by atomic mass is 19.2. The highest BCUT2D eigenvalue weighted by Gasteiger charge is 2.28. The number of anilines is 1. The van der Waals surface area contributed by atoms with Gasteiger partial charge in [-0.3, -0.25) is 4.40 Å². The summed E-state index contributed by atoms with van der Waals surface area (Å²) < 4.78 is 37.2. The minimum absolute atomic E-state index is 0.0330. The molecule has 0 spiro atoms. The third-order valence-corrected chi connectivity index (χ3v) is 5.35. The van der Waals surface area contributed by atoms with Crippen LogP contribution in [-0.4, -0.2) is 14.4 Å². The summed E-state index contributed by atoms with van der Waals surface area (Å²) >= 11 is 0. The van der Waals surface area contributed by atoms with Crippen LogP contribution in [0.3, 0.4) is 0 Å². The van der Waals surface area contributed by atoms with E-state index in [1.54, 1.807) is 36.7 Å². The molecule has 0 unspecified atom stereocenters. The molecule has 2 aromatic heterocycles. The molecule has 0 bridgehead atoms. The second-order valence-corrected chi connectivity index (χ2v) is 7.13. The number of benzene rings is 2. The molecule has 29 heavy (non-hydrogen) atoms. The van der Waals surface area contributed by atoms with Gasteiger partial charge in [0, 0.05) is 23.9 Å². The Balaban J connectivity index is 1.63. The molecule has 1 aliphatic rings. The van der Waals surface area contributed by atoms with E-state index in [0.717, 1.165) is 25.1 Å². The molecule has 2 heterocycles. The third kappa shape index (κ3) is 2.90. The van der Waals surface area contributed by atoms with E-state index in [0.29, 0.717) is 17.0 Å². The zero-order valence-electron chi connectivity index (χ0n) is 15.5. The van der Waals surface area contributed by atoms with Crippen molar-refractivity contribution >= 4 is 11.3 Å². The Kier molecular flexibility index (Phi) is 4.16. The normalized spacial score (nSPS) is 14.1.